The van der Waals surface area contributed by atoms with Crippen molar-refractivity contribution in [3.8, 4) is 6.07 Å². The van der Waals surface area contributed by atoms with Crippen molar-refractivity contribution >= 4 is 5.69 Å². The summed E-state index contributed by atoms with van der Waals surface area (Å²) in [5.74, 6) is -0.852. The maximum Gasteiger partial charge on any atom is 0.141 e. The SMILES string of the molecule is CC(Nc1ccc(F)c(C#N)c1)c1cccc(F)c1. The molecule has 2 aromatic rings. The zero-order chi connectivity index (χ0) is 13.8. The van der Waals surface area contributed by atoms with Gasteiger partial charge in [-0.1, -0.05) is 12.1 Å². The van der Waals surface area contributed by atoms with Crippen LogP contribution >= 0.6 is 0 Å². The molecule has 1 unspecified atom stereocenters. The molecule has 0 spiro atoms. The minimum absolute atomic E-state index is 0.0172. The van der Waals surface area contributed by atoms with Crippen molar-refractivity contribution in [2.75, 3.05) is 5.32 Å². The number of halogens is 2. The van der Waals surface area contributed by atoms with Gasteiger partial charge in [-0.15, -0.1) is 0 Å². The van der Waals surface area contributed by atoms with E-state index in [9.17, 15) is 8.78 Å². The van der Waals surface area contributed by atoms with Gasteiger partial charge in [-0.3, -0.25) is 0 Å². The first-order valence-electron chi connectivity index (χ1n) is 5.82. The zero-order valence-electron chi connectivity index (χ0n) is 10.3. The second-order valence-corrected chi connectivity index (χ2v) is 4.23. The molecule has 2 nitrogen and oxygen atoms in total. The highest BCUT2D eigenvalue weighted by Crippen LogP contribution is 2.21. The lowest BCUT2D eigenvalue weighted by atomic mass is 10.1. The number of hydrogen-bond donors (Lipinski definition) is 1. The third-order valence-electron chi connectivity index (χ3n) is 2.82. The Morgan fingerprint density at radius 3 is 2.63 bits per heavy atom. The molecule has 0 heterocycles. The molecule has 0 aromatic heterocycles. The number of hydrogen-bond acceptors (Lipinski definition) is 2. The van der Waals surface area contributed by atoms with Crippen LogP contribution in [-0.2, 0) is 0 Å². The molecule has 1 N–H and O–H groups in total. The van der Waals surface area contributed by atoms with Crippen LogP contribution in [0.25, 0.3) is 0 Å². The molecule has 1 atom stereocenters. The van der Waals surface area contributed by atoms with Crippen LogP contribution in [0.3, 0.4) is 0 Å². The summed E-state index contributed by atoms with van der Waals surface area (Å²) in [5, 5.41) is 11.9. The molecule has 4 heteroatoms. The summed E-state index contributed by atoms with van der Waals surface area (Å²) in [4.78, 5) is 0. The van der Waals surface area contributed by atoms with Crippen LogP contribution in [0.4, 0.5) is 14.5 Å². The summed E-state index contributed by atoms with van der Waals surface area (Å²) in [5.41, 5.74) is 1.38. The highest BCUT2D eigenvalue weighted by Gasteiger charge is 2.08. The number of anilines is 1. The van der Waals surface area contributed by atoms with Crippen molar-refractivity contribution < 1.29 is 8.78 Å². The zero-order valence-corrected chi connectivity index (χ0v) is 10.3. The average Bonchev–Trinajstić information content (AvgIpc) is 2.41. The molecule has 96 valence electrons. The summed E-state index contributed by atoms with van der Waals surface area (Å²) in [7, 11) is 0. The lowest BCUT2D eigenvalue weighted by Crippen LogP contribution is -2.07. The van der Waals surface area contributed by atoms with Gasteiger partial charge in [-0.2, -0.15) is 5.26 Å². The van der Waals surface area contributed by atoms with E-state index in [2.05, 4.69) is 5.32 Å². The van der Waals surface area contributed by atoms with Gasteiger partial charge in [0.2, 0.25) is 0 Å². The van der Waals surface area contributed by atoms with Crippen LogP contribution in [0.1, 0.15) is 24.1 Å². The fourth-order valence-electron chi connectivity index (χ4n) is 1.81. The van der Waals surface area contributed by atoms with E-state index >= 15 is 0 Å². The molecule has 2 rings (SSSR count). The van der Waals surface area contributed by atoms with Crippen LogP contribution in [0, 0.1) is 23.0 Å². The van der Waals surface area contributed by atoms with Gasteiger partial charge in [0.25, 0.3) is 0 Å². The molecule has 0 saturated carbocycles. The maximum absolute atomic E-state index is 13.2. The second kappa shape index (κ2) is 5.49. The van der Waals surface area contributed by atoms with E-state index in [4.69, 9.17) is 5.26 Å². The van der Waals surface area contributed by atoms with Crippen molar-refractivity contribution in [2.45, 2.75) is 13.0 Å². The standard InChI is InChI=1S/C15H12F2N2/c1-10(11-3-2-4-13(16)7-11)19-14-5-6-15(17)12(8-14)9-18/h2-8,10,19H,1H3. The molecule has 2 aromatic carbocycles. The van der Waals surface area contributed by atoms with Gasteiger partial charge < -0.3 is 5.32 Å². The third kappa shape index (κ3) is 3.08. The van der Waals surface area contributed by atoms with Crippen molar-refractivity contribution in [1.82, 2.24) is 0 Å². The Labute approximate surface area is 110 Å². The number of nitrogens with zero attached hydrogens (tertiary/aromatic N) is 1. The summed E-state index contributed by atoms with van der Waals surface area (Å²) in [6.07, 6.45) is 0. The molecule has 0 aliphatic heterocycles. The Kier molecular flexibility index (Phi) is 3.76. The lowest BCUT2D eigenvalue weighted by Gasteiger charge is -2.16. The van der Waals surface area contributed by atoms with Crippen LogP contribution in [0.15, 0.2) is 42.5 Å². The number of nitriles is 1. The van der Waals surface area contributed by atoms with Gasteiger partial charge >= 0.3 is 0 Å². The van der Waals surface area contributed by atoms with E-state index in [1.54, 1.807) is 24.3 Å². The van der Waals surface area contributed by atoms with Crippen molar-refractivity contribution in [3.05, 3.63) is 65.2 Å². The van der Waals surface area contributed by atoms with Crippen molar-refractivity contribution in [3.63, 3.8) is 0 Å². The minimum Gasteiger partial charge on any atom is -0.378 e. The van der Waals surface area contributed by atoms with Gasteiger partial charge in [-0.05, 0) is 42.8 Å². The first kappa shape index (κ1) is 13.0. The quantitative estimate of drug-likeness (QED) is 0.902. The van der Waals surface area contributed by atoms with Gasteiger partial charge in [0, 0.05) is 11.7 Å². The van der Waals surface area contributed by atoms with E-state index in [1.807, 2.05) is 6.92 Å². The van der Waals surface area contributed by atoms with E-state index in [-0.39, 0.29) is 17.4 Å². The van der Waals surface area contributed by atoms with Crippen LogP contribution < -0.4 is 5.32 Å². The molecule has 0 radical (unpaired) electrons. The lowest BCUT2D eigenvalue weighted by molar-refractivity contribution is 0.623. The van der Waals surface area contributed by atoms with Gasteiger partial charge in [-0.25, -0.2) is 8.78 Å². The van der Waals surface area contributed by atoms with Gasteiger partial charge in [0.15, 0.2) is 0 Å². The van der Waals surface area contributed by atoms with Crippen molar-refractivity contribution in [2.24, 2.45) is 0 Å². The summed E-state index contributed by atoms with van der Waals surface area (Å²) < 4.78 is 26.3. The fourth-order valence-corrected chi connectivity index (χ4v) is 1.81. The Morgan fingerprint density at radius 1 is 1.16 bits per heavy atom. The van der Waals surface area contributed by atoms with E-state index < -0.39 is 5.82 Å². The number of benzene rings is 2. The maximum atomic E-state index is 13.2. The monoisotopic (exact) mass is 258 g/mol. The smallest absolute Gasteiger partial charge is 0.141 e. The predicted molar refractivity (Wildman–Crippen MR) is 69.6 cm³/mol. The Hall–Kier alpha value is -2.41. The molecule has 0 bridgehead atoms. The first-order valence-corrected chi connectivity index (χ1v) is 5.82. The number of rotatable bonds is 3. The van der Waals surface area contributed by atoms with Gasteiger partial charge in [0.05, 0.1) is 5.56 Å². The summed E-state index contributed by atoms with van der Waals surface area (Å²) in [6, 6.07) is 12.1. The highest BCUT2D eigenvalue weighted by molar-refractivity contribution is 5.51. The minimum atomic E-state index is -0.550. The van der Waals surface area contributed by atoms with Crippen LogP contribution in [0.5, 0.6) is 0 Å². The molecule has 0 saturated heterocycles. The first-order chi connectivity index (χ1) is 9.10. The fraction of sp³-hybridized carbons (Fsp3) is 0.133. The van der Waals surface area contributed by atoms with E-state index in [1.165, 1.54) is 24.3 Å². The highest BCUT2D eigenvalue weighted by atomic mass is 19.1. The molecule has 19 heavy (non-hydrogen) atoms. The van der Waals surface area contributed by atoms with Crippen LogP contribution in [-0.4, -0.2) is 0 Å². The largest absolute Gasteiger partial charge is 0.378 e. The van der Waals surface area contributed by atoms with E-state index in [0.717, 1.165) is 5.56 Å². The topological polar surface area (TPSA) is 35.8 Å². The van der Waals surface area contributed by atoms with Gasteiger partial charge in [0.1, 0.15) is 17.7 Å². The normalized spacial score (nSPS) is 11.7. The molecular weight excluding hydrogens is 246 g/mol. The van der Waals surface area contributed by atoms with E-state index in [0.29, 0.717) is 5.69 Å². The third-order valence-corrected chi connectivity index (χ3v) is 2.82. The molecule has 0 fully saturated rings. The summed E-state index contributed by atoms with van der Waals surface area (Å²) in [6.45, 7) is 1.87. The Morgan fingerprint density at radius 2 is 1.95 bits per heavy atom. The second-order valence-electron chi connectivity index (χ2n) is 4.23. The number of nitrogens with one attached hydrogen (secondary N) is 1. The Bertz CT molecular complexity index is 632. The molecular formula is C15H12F2N2. The molecule has 0 amide bonds. The van der Waals surface area contributed by atoms with Crippen LogP contribution in [0.2, 0.25) is 0 Å². The molecule has 0 aliphatic carbocycles. The molecule has 0 aliphatic rings. The Balaban J connectivity index is 2.20. The van der Waals surface area contributed by atoms with Crippen molar-refractivity contribution in [1.29, 1.82) is 5.26 Å². The summed E-state index contributed by atoms with van der Waals surface area (Å²) >= 11 is 0. The predicted octanol–water partition coefficient (Wildman–Crippen LogP) is 4.01. The average molecular weight is 258 g/mol.